The second kappa shape index (κ2) is 17.5. The van der Waals surface area contributed by atoms with Crippen molar-refractivity contribution in [2.24, 2.45) is 0 Å². The van der Waals surface area contributed by atoms with E-state index in [-0.39, 0.29) is 17.2 Å². The lowest BCUT2D eigenvalue weighted by Gasteiger charge is -2.42. The monoisotopic (exact) mass is 729 g/mol. The van der Waals surface area contributed by atoms with Gasteiger partial charge in [0.25, 0.3) is 5.69 Å². The average molecular weight is 731 g/mol. The highest BCUT2D eigenvalue weighted by Crippen LogP contribution is 2.37. The highest BCUT2D eigenvalue weighted by atomic mass is 35.5. The normalized spacial score (nSPS) is 19.9. The van der Waals surface area contributed by atoms with Crippen molar-refractivity contribution >= 4 is 70.2 Å². The zero-order valence-corrected chi connectivity index (χ0v) is 28.1. The molecule has 1 aliphatic heterocycles. The summed E-state index contributed by atoms with van der Waals surface area (Å²) < 4.78 is 32.6. The van der Waals surface area contributed by atoms with Crippen LogP contribution in [0, 0.1) is 10.1 Å². The number of nitro groups is 1. The molecule has 2 aromatic rings. The molecule has 1 fully saturated rings. The van der Waals surface area contributed by atoms with Gasteiger partial charge in [-0.3, -0.25) is 29.4 Å². The maximum Gasteiger partial charge on any atom is 0.419 e. The van der Waals surface area contributed by atoms with E-state index in [1.165, 1.54) is 19.2 Å². The largest absolute Gasteiger partial charge is 0.479 e. The molecule has 1 heterocycles. The van der Waals surface area contributed by atoms with Gasteiger partial charge in [-0.15, -0.1) is 23.2 Å². The van der Waals surface area contributed by atoms with Crippen LogP contribution in [-0.2, 0) is 38.1 Å². The molecule has 0 spiro atoms. The fourth-order valence-electron chi connectivity index (χ4n) is 4.74. The first kappa shape index (κ1) is 38.6. The van der Waals surface area contributed by atoms with E-state index in [2.05, 4.69) is 0 Å². The summed E-state index contributed by atoms with van der Waals surface area (Å²) in [6, 6.07) is 9.47. The number of hydrogen-bond acceptors (Lipinski definition) is 14. The Balaban J connectivity index is 1.99. The van der Waals surface area contributed by atoms with Crippen molar-refractivity contribution < 1.29 is 62.4 Å². The Hall–Kier alpha value is -4.87. The number of alkyl halides is 2. The molecular formula is C30H33Cl2N3O14. The number of carboxylic acids is 1. The minimum Gasteiger partial charge on any atom is -0.479 e. The van der Waals surface area contributed by atoms with Crippen LogP contribution in [0.4, 0.5) is 21.9 Å². The van der Waals surface area contributed by atoms with E-state index in [0.29, 0.717) is 24.8 Å². The number of hydrogen-bond donors (Lipinski definition) is 1. The molecule has 17 nitrogen and oxygen atoms in total. The van der Waals surface area contributed by atoms with Crippen molar-refractivity contribution in [3.8, 4) is 11.5 Å². The van der Waals surface area contributed by atoms with Gasteiger partial charge in [0.05, 0.1) is 10.6 Å². The lowest BCUT2D eigenvalue weighted by Crippen LogP contribution is -2.64. The number of halogens is 2. The van der Waals surface area contributed by atoms with Gasteiger partial charge >= 0.3 is 30.0 Å². The van der Waals surface area contributed by atoms with Gasteiger partial charge in [-0.2, -0.15) is 0 Å². The summed E-state index contributed by atoms with van der Waals surface area (Å²) in [6.45, 7) is 3.99. The van der Waals surface area contributed by atoms with Gasteiger partial charge in [-0.05, 0) is 30.3 Å². The third kappa shape index (κ3) is 10.3. The molecule has 266 valence electrons. The standard InChI is InChI=1S/C30H33Cl2N3O14/c1-16(36)44-24-25(45-17(2)37)27(46-18(3)38)29(49-26(24)28(39)40)48-23-10-7-20(35(42)43)15-22(23)33(4)30(41)47-21-8-5-19(6-9-21)34(13-11-31)14-12-32/h5-10,15,24-27,29H,11-14H2,1-4H3,(H,39,40)/t24-,25-,26-,27+,29+/m0/s1. The smallest absolute Gasteiger partial charge is 0.419 e. The zero-order valence-electron chi connectivity index (χ0n) is 26.6. The first-order valence-electron chi connectivity index (χ1n) is 14.4. The van der Waals surface area contributed by atoms with Gasteiger partial charge in [0.15, 0.2) is 18.3 Å². The fraction of sp³-hybridized carbons (Fsp3) is 0.433. The Morgan fingerprint density at radius 2 is 1.43 bits per heavy atom. The van der Waals surface area contributed by atoms with E-state index >= 15 is 0 Å². The maximum absolute atomic E-state index is 13.3. The van der Waals surface area contributed by atoms with Crippen LogP contribution in [0.2, 0.25) is 0 Å². The lowest BCUT2D eigenvalue weighted by molar-refractivity contribution is -0.384. The Labute approximate surface area is 289 Å². The quantitative estimate of drug-likeness (QED) is 0.0969. The van der Waals surface area contributed by atoms with Crippen molar-refractivity contribution in [3.05, 3.63) is 52.6 Å². The number of esters is 3. The minimum atomic E-state index is -2.01. The van der Waals surface area contributed by atoms with Gasteiger partial charge < -0.3 is 38.4 Å². The molecule has 0 saturated carbocycles. The van der Waals surface area contributed by atoms with E-state index in [4.69, 9.17) is 51.6 Å². The molecule has 0 bridgehead atoms. The molecule has 1 N–H and O–H groups in total. The average Bonchev–Trinajstić information content (AvgIpc) is 3.02. The Morgan fingerprint density at radius 1 is 0.878 bits per heavy atom. The predicted molar refractivity (Wildman–Crippen MR) is 171 cm³/mol. The zero-order chi connectivity index (χ0) is 36.4. The third-order valence-corrected chi connectivity index (χ3v) is 7.13. The molecule has 5 atom stereocenters. The third-order valence-electron chi connectivity index (χ3n) is 6.79. The summed E-state index contributed by atoms with van der Waals surface area (Å²) in [5, 5.41) is 21.6. The summed E-state index contributed by atoms with van der Waals surface area (Å²) >= 11 is 11.8. The van der Waals surface area contributed by atoms with Crippen LogP contribution in [0.25, 0.3) is 0 Å². The topological polar surface area (TPSA) is 211 Å². The minimum absolute atomic E-state index is 0.112. The van der Waals surface area contributed by atoms with Gasteiger partial charge in [0, 0.05) is 70.5 Å². The molecule has 1 amide bonds. The molecule has 2 aromatic carbocycles. The summed E-state index contributed by atoms with van der Waals surface area (Å²) in [5.41, 5.74) is 0.0398. The first-order chi connectivity index (χ1) is 23.2. The van der Waals surface area contributed by atoms with Crippen LogP contribution in [0.3, 0.4) is 0 Å². The summed E-state index contributed by atoms with van der Waals surface area (Å²) in [4.78, 5) is 75.2. The lowest BCUT2D eigenvalue weighted by atomic mass is 9.97. The number of aliphatic carboxylic acids is 1. The number of amides is 1. The molecule has 1 saturated heterocycles. The molecule has 0 unspecified atom stereocenters. The molecule has 19 heteroatoms. The van der Waals surface area contributed by atoms with Crippen LogP contribution >= 0.6 is 23.2 Å². The SMILES string of the molecule is CC(=O)O[C@@H]1[C@@H](OC(C)=O)[C@H](Oc2ccc([N+](=O)[O-])cc2N(C)C(=O)Oc2ccc(N(CCCl)CCCl)cc2)O[C@H](C(=O)O)[C@H]1OC(C)=O. The molecule has 0 radical (unpaired) electrons. The Bertz CT molecular complexity index is 1540. The number of nitro benzene ring substituents is 1. The first-order valence-corrected chi connectivity index (χ1v) is 15.5. The molecule has 0 aromatic heterocycles. The molecule has 49 heavy (non-hydrogen) atoms. The number of carbonyl (C=O) groups is 5. The van der Waals surface area contributed by atoms with Gasteiger partial charge in [-0.1, -0.05) is 0 Å². The van der Waals surface area contributed by atoms with E-state index < -0.39 is 71.3 Å². The predicted octanol–water partition coefficient (Wildman–Crippen LogP) is 3.50. The van der Waals surface area contributed by atoms with Gasteiger partial charge in [-0.25, -0.2) is 9.59 Å². The second-order valence-electron chi connectivity index (χ2n) is 10.3. The summed E-state index contributed by atoms with van der Waals surface area (Å²) in [5.74, 6) is -4.02. The number of carboxylic acid groups (broad SMARTS) is 1. The van der Waals surface area contributed by atoms with Crippen molar-refractivity contribution in [1.82, 2.24) is 0 Å². The highest BCUT2D eigenvalue weighted by Gasteiger charge is 2.55. The van der Waals surface area contributed by atoms with Gasteiger partial charge in [0.2, 0.25) is 12.4 Å². The Kier molecular flexibility index (Phi) is 13.8. The number of non-ortho nitro benzene ring substituents is 1. The van der Waals surface area contributed by atoms with Crippen LogP contribution < -0.4 is 19.3 Å². The van der Waals surface area contributed by atoms with Crippen molar-refractivity contribution in [2.45, 2.75) is 51.5 Å². The van der Waals surface area contributed by atoms with Crippen LogP contribution in [0.15, 0.2) is 42.5 Å². The number of ether oxygens (including phenoxy) is 6. The number of anilines is 2. The second-order valence-corrected chi connectivity index (χ2v) is 11.1. The Morgan fingerprint density at radius 3 is 1.94 bits per heavy atom. The number of carbonyl (C=O) groups excluding carboxylic acids is 4. The van der Waals surface area contributed by atoms with E-state index in [1.807, 2.05) is 4.90 Å². The van der Waals surface area contributed by atoms with E-state index in [9.17, 15) is 39.2 Å². The van der Waals surface area contributed by atoms with Crippen molar-refractivity contribution in [1.29, 1.82) is 0 Å². The van der Waals surface area contributed by atoms with Crippen LogP contribution in [0.1, 0.15) is 20.8 Å². The van der Waals surface area contributed by atoms with Crippen molar-refractivity contribution in [3.63, 3.8) is 0 Å². The van der Waals surface area contributed by atoms with Crippen molar-refractivity contribution in [2.75, 3.05) is 41.7 Å². The summed E-state index contributed by atoms with van der Waals surface area (Å²) in [6.07, 6.45) is -10.2. The number of benzene rings is 2. The summed E-state index contributed by atoms with van der Waals surface area (Å²) in [7, 11) is 1.22. The van der Waals surface area contributed by atoms with Crippen LogP contribution in [0.5, 0.6) is 11.5 Å². The highest BCUT2D eigenvalue weighted by molar-refractivity contribution is 6.18. The number of nitrogens with zero attached hydrogens (tertiary/aromatic N) is 3. The molecule has 0 aliphatic carbocycles. The number of rotatable bonds is 14. The molecular weight excluding hydrogens is 697 g/mol. The van der Waals surface area contributed by atoms with E-state index in [0.717, 1.165) is 49.6 Å². The van der Waals surface area contributed by atoms with E-state index in [1.54, 1.807) is 12.1 Å². The fourth-order valence-corrected chi connectivity index (χ4v) is 5.15. The maximum atomic E-state index is 13.3. The van der Waals surface area contributed by atoms with Gasteiger partial charge in [0.1, 0.15) is 11.5 Å². The molecule has 1 aliphatic rings. The van der Waals surface area contributed by atoms with Crippen LogP contribution in [-0.4, -0.2) is 103 Å². The molecule has 3 rings (SSSR count).